The smallest absolute Gasteiger partial charge is 0.387 e. The number of rotatable bonds is 7. The van der Waals surface area contributed by atoms with Crippen LogP contribution in [0.15, 0.2) is 36.7 Å². The van der Waals surface area contributed by atoms with Gasteiger partial charge in [0.25, 0.3) is 0 Å². The molecule has 1 atom stereocenters. The van der Waals surface area contributed by atoms with E-state index in [9.17, 15) is 8.78 Å². The highest BCUT2D eigenvalue weighted by Crippen LogP contribution is 2.28. The van der Waals surface area contributed by atoms with E-state index in [1.54, 1.807) is 31.4 Å². The monoisotopic (exact) mass is 295 g/mol. The molecule has 0 amide bonds. The van der Waals surface area contributed by atoms with E-state index < -0.39 is 6.61 Å². The quantitative estimate of drug-likeness (QED) is 0.853. The van der Waals surface area contributed by atoms with Gasteiger partial charge in [-0.2, -0.15) is 13.9 Å². The molecule has 2 rings (SSSR count). The zero-order chi connectivity index (χ0) is 15.2. The van der Waals surface area contributed by atoms with Crippen molar-refractivity contribution in [3.05, 3.63) is 47.8 Å². The first-order valence-electron chi connectivity index (χ1n) is 6.86. The summed E-state index contributed by atoms with van der Waals surface area (Å²) in [4.78, 5) is 0. The zero-order valence-corrected chi connectivity index (χ0v) is 12.1. The third-order valence-corrected chi connectivity index (χ3v) is 3.31. The number of nitrogens with zero attached hydrogens (tertiary/aromatic N) is 2. The molecule has 0 saturated heterocycles. The number of aryl methyl sites for hydroxylation is 1. The Morgan fingerprint density at radius 1 is 1.33 bits per heavy atom. The second-order valence-electron chi connectivity index (χ2n) is 4.67. The molecular weight excluding hydrogens is 276 g/mol. The molecule has 2 aromatic rings. The molecule has 1 aromatic carbocycles. The van der Waals surface area contributed by atoms with Gasteiger partial charge in [0.1, 0.15) is 5.75 Å². The molecular formula is C15H19F2N3O. The minimum atomic E-state index is -2.83. The highest BCUT2D eigenvalue weighted by Gasteiger charge is 2.17. The highest BCUT2D eigenvalue weighted by atomic mass is 19.3. The number of likely N-dealkylation sites (N-methyl/N-ethyl adjacent to an activating group) is 1. The van der Waals surface area contributed by atoms with Gasteiger partial charge < -0.3 is 10.1 Å². The fourth-order valence-corrected chi connectivity index (χ4v) is 2.26. The second kappa shape index (κ2) is 7.17. The van der Waals surface area contributed by atoms with Crippen LogP contribution in [0.3, 0.4) is 0 Å². The van der Waals surface area contributed by atoms with Crippen LogP contribution in [0.2, 0.25) is 0 Å². The van der Waals surface area contributed by atoms with Crippen LogP contribution in [0.1, 0.15) is 24.1 Å². The molecule has 0 radical (unpaired) electrons. The molecule has 21 heavy (non-hydrogen) atoms. The van der Waals surface area contributed by atoms with Gasteiger partial charge in [-0.05, 0) is 32.0 Å². The van der Waals surface area contributed by atoms with Crippen molar-refractivity contribution in [1.82, 2.24) is 15.1 Å². The summed E-state index contributed by atoms with van der Waals surface area (Å²) in [5.74, 6) is 0.203. The lowest BCUT2D eigenvalue weighted by molar-refractivity contribution is -0.0507. The minimum Gasteiger partial charge on any atom is -0.434 e. The largest absolute Gasteiger partial charge is 0.434 e. The minimum absolute atomic E-state index is 0.116. The topological polar surface area (TPSA) is 39.1 Å². The van der Waals surface area contributed by atoms with Gasteiger partial charge in [0, 0.05) is 24.3 Å². The van der Waals surface area contributed by atoms with Gasteiger partial charge in [-0.15, -0.1) is 0 Å². The van der Waals surface area contributed by atoms with Crippen LogP contribution in [0, 0.1) is 0 Å². The van der Waals surface area contributed by atoms with E-state index >= 15 is 0 Å². The number of halogens is 2. The molecule has 0 spiro atoms. The van der Waals surface area contributed by atoms with Crippen LogP contribution in [0.25, 0.3) is 0 Å². The zero-order valence-electron chi connectivity index (χ0n) is 12.1. The van der Waals surface area contributed by atoms with Crippen molar-refractivity contribution in [2.75, 3.05) is 7.05 Å². The van der Waals surface area contributed by atoms with E-state index in [1.807, 2.05) is 23.9 Å². The van der Waals surface area contributed by atoms with Crippen LogP contribution in [-0.4, -0.2) is 23.4 Å². The third kappa shape index (κ3) is 4.01. The molecule has 0 aliphatic heterocycles. The van der Waals surface area contributed by atoms with Crippen molar-refractivity contribution in [3.63, 3.8) is 0 Å². The summed E-state index contributed by atoms with van der Waals surface area (Å²) in [6.07, 6.45) is 4.41. The number of hydrogen-bond donors (Lipinski definition) is 1. The number of nitrogens with one attached hydrogen (secondary N) is 1. The summed E-state index contributed by atoms with van der Waals surface area (Å²) in [5.41, 5.74) is 1.76. The first-order valence-corrected chi connectivity index (χ1v) is 6.86. The van der Waals surface area contributed by atoms with E-state index in [2.05, 4.69) is 15.2 Å². The van der Waals surface area contributed by atoms with Gasteiger partial charge in [0.05, 0.1) is 6.20 Å². The summed E-state index contributed by atoms with van der Waals surface area (Å²) in [6, 6.07) is 6.73. The van der Waals surface area contributed by atoms with Crippen LogP contribution >= 0.6 is 0 Å². The van der Waals surface area contributed by atoms with E-state index in [0.717, 1.165) is 12.1 Å². The fourth-order valence-electron chi connectivity index (χ4n) is 2.26. The normalized spacial score (nSPS) is 12.6. The van der Waals surface area contributed by atoms with Crippen LogP contribution in [0.5, 0.6) is 5.75 Å². The Labute approximate surface area is 122 Å². The molecule has 1 unspecified atom stereocenters. The van der Waals surface area contributed by atoms with E-state index in [1.165, 1.54) is 0 Å². The molecule has 0 aliphatic rings. The average molecular weight is 295 g/mol. The molecule has 4 nitrogen and oxygen atoms in total. The van der Waals surface area contributed by atoms with E-state index in [0.29, 0.717) is 12.0 Å². The Bertz CT molecular complexity index is 572. The maximum absolute atomic E-state index is 12.5. The molecule has 1 heterocycles. The lowest BCUT2D eigenvalue weighted by Gasteiger charge is -2.19. The Hall–Kier alpha value is -1.95. The lowest BCUT2D eigenvalue weighted by atomic mass is 10.00. The molecule has 114 valence electrons. The summed E-state index contributed by atoms with van der Waals surface area (Å²) >= 11 is 0. The van der Waals surface area contributed by atoms with Crippen molar-refractivity contribution < 1.29 is 13.5 Å². The van der Waals surface area contributed by atoms with E-state index in [-0.39, 0.29) is 11.8 Å². The van der Waals surface area contributed by atoms with Crippen molar-refractivity contribution in [2.24, 2.45) is 0 Å². The van der Waals surface area contributed by atoms with Crippen LogP contribution < -0.4 is 10.1 Å². The number of hydrogen-bond acceptors (Lipinski definition) is 3. The molecule has 1 N–H and O–H groups in total. The first-order chi connectivity index (χ1) is 10.1. The molecule has 6 heteroatoms. The predicted molar refractivity (Wildman–Crippen MR) is 76.5 cm³/mol. The molecule has 0 aliphatic carbocycles. The van der Waals surface area contributed by atoms with Gasteiger partial charge in [0.2, 0.25) is 0 Å². The lowest BCUT2D eigenvalue weighted by Crippen LogP contribution is -2.20. The number of ether oxygens (including phenoxy) is 1. The van der Waals surface area contributed by atoms with E-state index in [4.69, 9.17) is 0 Å². The fraction of sp³-hybridized carbons (Fsp3) is 0.400. The average Bonchev–Trinajstić information content (AvgIpc) is 2.93. The SMILES string of the molecule is CCn1cc(CC(NC)c2ccccc2OC(F)F)cn1. The summed E-state index contributed by atoms with van der Waals surface area (Å²) < 4.78 is 31.4. The predicted octanol–water partition coefficient (Wildman–Crippen LogP) is 3.01. The number of alkyl halides is 2. The molecule has 1 aromatic heterocycles. The van der Waals surface area contributed by atoms with Crippen molar-refractivity contribution in [1.29, 1.82) is 0 Å². The maximum Gasteiger partial charge on any atom is 0.387 e. The summed E-state index contributed by atoms with van der Waals surface area (Å²) in [5, 5.41) is 7.37. The Kier molecular flexibility index (Phi) is 5.27. The molecule has 0 fully saturated rings. The Balaban J connectivity index is 2.20. The summed E-state index contributed by atoms with van der Waals surface area (Å²) in [7, 11) is 1.80. The first kappa shape index (κ1) is 15.4. The molecule has 0 saturated carbocycles. The highest BCUT2D eigenvalue weighted by molar-refractivity contribution is 5.36. The van der Waals surface area contributed by atoms with Crippen molar-refractivity contribution >= 4 is 0 Å². The Morgan fingerprint density at radius 3 is 2.71 bits per heavy atom. The summed E-state index contributed by atoms with van der Waals surface area (Å²) in [6.45, 7) is -0.0144. The molecule has 0 bridgehead atoms. The van der Waals surface area contributed by atoms with Gasteiger partial charge >= 0.3 is 6.61 Å². The number of para-hydroxylation sites is 1. The van der Waals surface area contributed by atoms with Gasteiger partial charge in [-0.25, -0.2) is 0 Å². The standard InChI is InChI=1S/C15H19F2N3O/c1-3-20-10-11(9-19-20)8-13(18-2)12-6-4-5-7-14(12)21-15(16)17/h4-7,9-10,13,15,18H,3,8H2,1-2H3. The van der Waals surface area contributed by atoms with Gasteiger partial charge in [-0.1, -0.05) is 18.2 Å². The van der Waals surface area contributed by atoms with Crippen LogP contribution in [-0.2, 0) is 13.0 Å². The van der Waals surface area contributed by atoms with Gasteiger partial charge in [0.15, 0.2) is 0 Å². The second-order valence-corrected chi connectivity index (χ2v) is 4.67. The Morgan fingerprint density at radius 2 is 2.10 bits per heavy atom. The third-order valence-electron chi connectivity index (χ3n) is 3.31. The number of benzene rings is 1. The maximum atomic E-state index is 12.5. The van der Waals surface area contributed by atoms with Crippen LogP contribution in [0.4, 0.5) is 8.78 Å². The number of aromatic nitrogens is 2. The van der Waals surface area contributed by atoms with Crippen molar-refractivity contribution in [3.8, 4) is 5.75 Å². The van der Waals surface area contributed by atoms with Crippen molar-refractivity contribution in [2.45, 2.75) is 32.5 Å². The van der Waals surface area contributed by atoms with Gasteiger partial charge in [-0.3, -0.25) is 4.68 Å².